The molecule has 0 aromatic heterocycles. The summed E-state index contributed by atoms with van der Waals surface area (Å²) in [6.07, 6.45) is 0. The Morgan fingerprint density at radius 2 is 1.35 bits per heavy atom. The Labute approximate surface area is 106 Å². The second kappa shape index (κ2) is 4.09. The van der Waals surface area contributed by atoms with Crippen molar-refractivity contribution in [2.45, 2.75) is 21.7 Å². The van der Waals surface area contributed by atoms with Crippen molar-refractivity contribution >= 4 is 29.9 Å². The van der Waals surface area contributed by atoms with E-state index in [1.807, 2.05) is 12.1 Å². The number of hydrogen-bond donors (Lipinski definition) is 0. The molecule has 0 radical (unpaired) electrons. The molecule has 2 nitrogen and oxygen atoms in total. The molecule has 0 fully saturated rings. The number of hydrogen-bond acceptors (Lipinski definition) is 2. The van der Waals surface area contributed by atoms with E-state index in [1.54, 1.807) is 19.1 Å². The molecular formula is C14H16O2Sn. The standard InChI is InChI=1S/C11H7O2.3CH3.Sn/c1-7-6-10(12)8-4-2-3-5-9(8)11(7)13;;;;/h2-5H,1H3;3*1H3;. The topological polar surface area (TPSA) is 34.1 Å². The Morgan fingerprint density at radius 3 is 1.82 bits per heavy atom. The van der Waals surface area contributed by atoms with E-state index < -0.39 is 18.4 Å². The third kappa shape index (κ3) is 1.99. The number of Topliss-reactive ketones (excluding diaryl/α,β-unsaturated/α-hetero) is 2. The van der Waals surface area contributed by atoms with Crippen molar-refractivity contribution in [3.05, 3.63) is 44.6 Å². The van der Waals surface area contributed by atoms with Crippen LogP contribution in [0.25, 0.3) is 0 Å². The van der Waals surface area contributed by atoms with Gasteiger partial charge in [0.05, 0.1) is 0 Å². The molecule has 88 valence electrons. The molecule has 17 heavy (non-hydrogen) atoms. The second-order valence-corrected chi connectivity index (χ2v) is 19.7. The molecule has 0 heterocycles. The van der Waals surface area contributed by atoms with Crippen molar-refractivity contribution in [2.75, 3.05) is 0 Å². The zero-order valence-electron chi connectivity index (χ0n) is 10.6. The van der Waals surface area contributed by atoms with E-state index in [2.05, 4.69) is 14.8 Å². The van der Waals surface area contributed by atoms with E-state index in [0.717, 1.165) is 3.59 Å². The van der Waals surface area contributed by atoms with Crippen molar-refractivity contribution in [3.63, 3.8) is 0 Å². The monoisotopic (exact) mass is 336 g/mol. The predicted molar refractivity (Wildman–Crippen MR) is 71.1 cm³/mol. The first-order valence-corrected chi connectivity index (χ1v) is 15.7. The van der Waals surface area contributed by atoms with Gasteiger partial charge in [-0.1, -0.05) is 0 Å². The van der Waals surface area contributed by atoms with E-state index in [0.29, 0.717) is 16.7 Å². The summed E-state index contributed by atoms with van der Waals surface area (Å²) in [7, 11) is 0. The summed E-state index contributed by atoms with van der Waals surface area (Å²) in [6, 6.07) is 7.14. The summed E-state index contributed by atoms with van der Waals surface area (Å²) >= 11 is -2.54. The van der Waals surface area contributed by atoms with Gasteiger partial charge in [0.2, 0.25) is 0 Å². The molecule has 0 amide bonds. The van der Waals surface area contributed by atoms with E-state index in [-0.39, 0.29) is 11.6 Å². The Morgan fingerprint density at radius 1 is 0.882 bits per heavy atom. The van der Waals surface area contributed by atoms with E-state index >= 15 is 0 Å². The number of fused-ring (bicyclic) bond motifs is 1. The molecule has 3 heteroatoms. The van der Waals surface area contributed by atoms with E-state index in [4.69, 9.17) is 0 Å². The van der Waals surface area contributed by atoms with Crippen LogP contribution in [0, 0.1) is 0 Å². The first kappa shape index (κ1) is 12.6. The summed E-state index contributed by atoms with van der Waals surface area (Å²) in [6.45, 7) is 1.80. The summed E-state index contributed by atoms with van der Waals surface area (Å²) in [5.74, 6) is 0.114. The van der Waals surface area contributed by atoms with Gasteiger partial charge >= 0.3 is 106 Å². The van der Waals surface area contributed by atoms with Crippen molar-refractivity contribution in [3.8, 4) is 0 Å². The summed E-state index contributed by atoms with van der Waals surface area (Å²) in [5, 5.41) is 0. The molecule has 1 aromatic carbocycles. The van der Waals surface area contributed by atoms with Gasteiger partial charge in [0.15, 0.2) is 0 Å². The van der Waals surface area contributed by atoms with Crippen LogP contribution in [0.15, 0.2) is 33.4 Å². The molecule has 0 N–H and O–H groups in total. The maximum atomic E-state index is 12.5. The van der Waals surface area contributed by atoms with Gasteiger partial charge in [0, 0.05) is 0 Å². The number of benzene rings is 1. The minimum absolute atomic E-state index is 0.0295. The molecule has 0 bridgehead atoms. The Balaban J connectivity index is 2.71. The normalized spacial score (nSPS) is 16.2. The van der Waals surface area contributed by atoms with Crippen LogP contribution in [0.5, 0.6) is 0 Å². The number of ketones is 2. The van der Waals surface area contributed by atoms with Crippen molar-refractivity contribution < 1.29 is 9.59 Å². The Kier molecular flexibility index (Phi) is 3.02. The zero-order chi connectivity index (χ0) is 12.8. The van der Waals surface area contributed by atoms with Crippen molar-refractivity contribution in [1.29, 1.82) is 0 Å². The first-order chi connectivity index (χ1) is 7.84. The molecule has 1 aromatic rings. The Bertz CT molecular complexity index is 548. The van der Waals surface area contributed by atoms with Crippen LogP contribution in [-0.4, -0.2) is 29.9 Å². The average molecular weight is 335 g/mol. The van der Waals surface area contributed by atoms with Crippen LogP contribution in [0.1, 0.15) is 27.6 Å². The van der Waals surface area contributed by atoms with E-state index in [1.165, 1.54) is 0 Å². The van der Waals surface area contributed by atoms with Gasteiger partial charge in [-0.25, -0.2) is 0 Å². The van der Waals surface area contributed by atoms with Gasteiger partial charge in [0.25, 0.3) is 0 Å². The van der Waals surface area contributed by atoms with Gasteiger partial charge in [0.1, 0.15) is 0 Å². The number of carbonyl (C=O) groups is 2. The van der Waals surface area contributed by atoms with Gasteiger partial charge in [-0.2, -0.15) is 0 Å². The second-order valence-electron chi connectivity index (χ2n) is 5.45. The van der Waals surface area contributed by atoms with Crippen LogP contribution in [0.3, 0.4) is 0 Å². The zero-order valence-corrected chi connectivity index (χ0v) is 13.5. The van der Waals surface area contributed by atoms with Crippen molar-refractivity contribution in [2.24, 2.45) is 0 Å². The molecule has 2 rings (SSSR count). The molecule has 0 saturated carbocycles. The number of allylic oxidation sites excluding steroid dienone is 2. The average Bonchev–Trinajstić information content (AvgIpc) is 2.24. The van der Waals surface area contributed by atoms with Crippen LogP contribution >= 0.6 is 0 Å². The molecule has 0 spiro atoms. The fourth-order valence-corrected chi connectivity index (χ4v) is 8.27. The summed E-state index contributed by atoms with van der Waals surface area (Å²) in [5.41, 5.74) is 1.83. The molecular weight excluding hydrogens is 319 g/mol. The van der Waals surface area contributed by atoms with Gasteiger partial charge < -0.3 is 0 Å². The van der Waals surface area contributed by atoms with Crippen LogP contribution in [0.2, 0.25) is 14.8 Å². The summed E-state index contributed by atoms with van der Waals surface area (Å²) in [4.78, 5) is 31.2. The van der Waals surface area contributed by atoms with Gasteiger partial charge in [-0.3, -0.25) is 0 Å². The molecule has 0 atom stereocenters. The van der Waals surface area contributed by atoms with Crippen molar-refractivity contribution in [1.82, 2.24) is 0 Å². The maximum absolute atomic E-state index is 12.5. The van der Waals surface area contributed by atoms with Crippen LogP contribution in [-0.2, 0) is 0 Å². The van der Waals surface area contributed by atoms with Gasteiger partial charge in [-0.15, -0.1) is 0 Å². The summed E-state index contributed by atoms with van der Waals surface area (Å²) < 4.78 is 0.850. The molecule has 0 aliphatic heterocycles. The number of rotatable bonds is 1. The van der Waals surface area contributed by atoms with Crippen LogP contribution < -0.4 is 0 Å². The minimum atomic E-state index is -2.54. The fourth-order valence-electron chi connectivity index (χ4n) is 2.40. The fraction of sp³-hybridized carbons (Fsp3) is 0.286. The SMILES string of the molecule is CC1=[C]([Sn]([CH3])([CH3])[CH3])C(=O)c2ccccc2C1=O. The molecule has 0 unspecified atom stereocenters. The third-order valence-electron chi connectivity index (χ3n) is 3.11. The quantitative estimate of drug-likeness (QED) is 0.739. The van der Waals surface area contributed by atoms with Crippen LogP contribution in [0.4, 0.5) is 0 Å². The molecule has 1 aliphatic carbocycles. The molecule has 1 aliphatic rings. The molecule has 0 saturated heterocycles. The van der Waals surface area contributed by atoms with E-state index in [9.17, 15) is 9.59 Å². The predicted octanol–water partition coefficient (Wildman–Crippen LogP) is 3.26. The first-order valence-electron chi connectivity index (χ1n) is 5.74. The number of carbonyl (C=O) groups excluding carboxylic acids is 2. The Hall–Kier alpha value is -0.901. The van der Waals surface area contributed by atoms with Gasteiger partial charge in [-0.05, 0) is 0 Å². The third-order valence-corrected chi connectivity index (χ3v) is 9.11.